The number of anilines is 1. The van der Waals surface area contributed by atoms with Crippen molar-refractivity contribution in [2.45, 2.75) is 6.92 Å². The van der Waals surface area contributed by atoms with E-state index in [1.54, 1.807) is 0 Å². The van der Waals surface area contributed by atoms with Gasteiger partial charge in [-0.05, 0) is 36.8 Å². The number of rotatable bonds is 3. The zero-order valence-electron chi connectivity index (χ0n) is 12.4. The van der Waals surface area contributed by atoms with E-state index in [1.165, 1.54) is 0 Å². The molecule has 106 valence electrons. The molecule has 0 aliphatic heterocycles. The van der Waals surface area contributed by atoms with Gasteiger partial charge in [0.15, 0.2) is 0 Å². The molecule has 3 aromatic rings. The van der Waals surface area contributed by atoms with Crippen LogP contribution < -0.4 is 4.90 Å². The average molecular weight is 279 g/mol. The average Bonchev–Trinajstić information content (AvgIpc) is 2.97. The Morgan fingerprint density at radius 2 is 1.67 bits per heavy atom. The van der Waals surface area contributed by atoms with Crippen molar-refractivity contribution in [1.82, 2.24) is 10.2 Å². The minimum Gasteiger partial charge on any atom is -0.416 e. The molecule has 2 aromatic carbocycles. The number of aryl methyl sites for hydroxylation is 1. The molecule has 0 N–H and O–H groups in total. The lowest BCUT2D eigenvalue weighted by Gasteiger charge is -2.12. The fraction of sp³-hybridized carbons (Fsp3) is 0.176. The molecule has 3 rings (SSSR count). The monoisotopic (exact) mass is 279 g/mol. The first-order chi connectivity index (χ1) is 10.1. The molecule has 4 heteroatoms. The molecule has 1 heterocycles. The molecule has 0 saturated carbocycles. The van der Waals surface area contributed by atoms with E-state index >= 15 is 0 Å². The summed E-state index contributed by atoms with van der Waals surface area (Å²) in [7, 11) is 4.01. The van der Waals surface area contributed by atoms with E-state index in [-0.39, 0.29) is 0 Å². The first-order valence-electron chi connectivity index (χ1n) is 6.82. The van der Waals surface area contributed by atoms with Crippen molar-refractivity contribution in [1.29, 1.82) is 0 Å². The van der Waals surface area contributed by atoms with Crippen LogP contribution in [0.15, 0.2) is 52.9 Å². The fourth-order valence-corrected chi connectivity index (χ4v) is 2.18. The summed E-state index contributed by atoms with van der Waals surface area (Å²) in [5, 5.41) is 8.34. The summed E-state index contributed by atoms with van der Waals surface area (Å²) >= 11 is 0. The van der Waals surface area contributed by atoms with Gasteiger partial charge in [0, 0.05) is 30.9 Å². The third kappa shape index (κ3) is 2.65. The maximum absolute atomic E-state index is 5.83. The van der Waals surface area contributed by atoms with Crippen LogP contribution in [0.4, 0.5) is 5.69 Å². The summed E-state index contributed by atoms with van der Waals surface area (Å²) in [4.78, 5) is 2.04. The second kappa shape index (κ2) is 5.40. The minimum atomic E-state index is 0.539. The Balaban J connectivity index is 1.99. The summed E-state index contributed by atoms with van der Waals surface area (Å²) in [6.07, 6.45) is 0. The van der Waals surface area contributed by atoms with Gasteiger partial charge < -0.3 is 9.32 Å². The van der Waals surface area contributed by atoms with Crippen LogP contribution in [0.2, 0.25) is 0 Å². The Labute approximate surface area is 124 Å². The molecule has 0 saturated heterocycles. The number of aromatic nitrogens is 2. The largest absolute Gasteiger partial charge is 0.416 e. The van der Waals surface area contributed by atoms with Gasteiger partial charge in [0.25, 0.3) is 0 Å². The number of hydrogen-bond donors (Lipinski definition) is 0. The van der Waals surface area contributed by atoms with Gasteiger partial charge in [-0.2, -0.15) is 0 Å². The Kier molecular flexibility index (Phi) is 3.44. The third-order valence-corrected chi connectivity index (χ3v) is 3.41. The SMILES string of the molecule is Cc1ccccc1-c1nnc(-c2cccc(N(C)C)c2)o1. The molecule has 0 unspecified atom stereocenters. The van der Waals surface area contributed by atoms with Crippen molar-refractivity contribution in [3.63, 3.8) is 0 Å². The molecule has 0 amide bonds. The van der Waals surface area contributed by atoms with Crippen molar-refractivity contribution in [2.24, 2.45) is 0 Å². The standard InChI is InChI=1S/C17H17N3O/c1-12-7-4-5-10-15(12)17-19-18-16(21-17)13-8-6-9-14(11-13)20(2)3/h4-11H,1-3H3. The van der Waals surface area contributed by atoms with Crippen LogP contribution in [0, 0.1) is 6.92 Å². The van der Waals surface area contributed by atoms with E-state index in [4.69, 9.17) is 4.42 Å². The van der Waals surface area contributed by atoms with Gasteiger partial charge >= 0.3 is 0 Å². The minimum absolute atomic E-state index is 0.539. The van der Waals surface area contributed by atoms with Crippen molar-refractivity contribution in [3.8, 4) is 22.9 Å². The molecule has 0 radical (unpaired) electrons. The van der Waals surface area contributed by atoms with Gasteiger partial charge in [-0.15, -0.1) is 10.2 Å². The first kappa shape index (κ1) is 13.4. The normalized spacial score (nSPS) is 10.6. The number of nitrogens with zero attached hydrogens (tertiary/aromatic N) is 3. The van der Waals surface area contributed by atoms with Crippen molar-refractivity contribution >= 4 is 5.69 Å². The van der Waals surface area contributed by atoms with E-state index in [0.29, 0.717) is 11.8 Å². The van der Waals surface area contributed by atoms with Crippen LogP contribution in [-0.4, -0.2) is 24.3 Å². The van der Waals surface area contributed by atoms with Gasteiger partial charge in [-0.25, -0.2) is 0 Å². The van der Waals surface area contributed by atoms with Gasteiger partial charge in [0.2, 0.25) is 11.8 Å². The molecular formula is C17H17N3O. The third-order valence-electron chi connectivity index (χ3n) is 3.41. The Bertz CT molecular complexity index is 762. The van der Waals surface area contributed by atoms with Crippen LogP contribution >= 0.6 is 0 Å². The predicted octanol–water partition coefficient (Wildman–Crippen LogP) is 3.78. The number of hydrogen-bond acceptors (Lipinski definition) is 4. The highest BCUT2D eigenvalue weighted by atomic mass is 16.4. The molecule has 0 bridgehead atoms. The van der Waals surface area contributed by atoms with E-state index in [9.17, 15) is 0 Å². The summed E-state index contributed by atoms with van der Waals surface area (Å²) in [6.45, 7) is 2.03. The zero-order chi connectivity index (χ0) is 14.8. The molecule has 0 fully saturated rings. The molecule has 4 nitrogen and oxygen atoms in total. The Hall–Kier alpha value is -2.62. The van der Waals surface area contributed by atoms with E-state index in [2.05, 4.69) is 10.2 Å². The van der Waals surface area contributed by atoms with Gasteiger partial charge in [0.05, 0.1) is 0 Å². The Morgan fingerprint density at radius 1 is 0.905 bits per heavy atom. The quantitative estimate of drug-likeness (QED) is 0.731. The van der Waals surface area contributed by atoms with Gasteiger partial charge in [-0.3, -0.25) is 0 Å². The zero-order valence-corrected chi connectivity index (χ0v) is 12.4. The van der Waals surface area contributed by atoms with Crippen LogP contribution in [0.25, 0.3) is 22.9 Å². The van der Waals surface area contributed by atoms with E-state index < -0.39 is 0 Å². The smallest absolute Gasteiger partial charge is 0.248 e. The molecular weight excluding hydrogens is 262 g/mol. The summed E-state index contributed by atoms with van der Waals surface area (Å²) < 4.78 is 5.83. The molecule has 0 atom stereocenters. The van der Waals surface area contributed by atoms with Crippen molar-refractivity contribution in [3.05, 3.63) is 54.1 Å². The number of benzene rings is 2. The van der Waals surface area contributed by atoms with Crippen LogP contribution in [0.1, 0.15) is 5.56 Å². The summed E-state index contributed by atoms with van der Waals surface area (Å²) in [5.41, 5.74) is 4.12. The lowest BCUT2D eigenvalue weighted by Crippen LogP contribution is -2.08. The molecule has 0 spiro atoms. The highest BCUT2D eigenvalue weighted by Gasteiger charge is 2.12. The summed E-state index contributed by atoms with van der Waals surface area (Å²) in [5.74, 6) is 1.09. The molecule has 21 heavy (non-hydrogen) atoms. The van der Waals surface area contributed by atoms with Gasteiger partial charge in [-0.1, -0.05) is 24.3 Å². The second-order valence-corrected chi connectivity index (χ2v) is 5.17. The van der Waals surface area contributed by atoms with Crippen LogP contribution in [-0.2, 0) is 0 Å². The maximum atomic E-state index is 5.83. The van der Waals surface area contributed by atoms with E-state index in [0.717, 1.165) is 22.4 Å². The first-order valence-corrected chi connectivity index (χ1v) is 6.82. The lowest BCUT2D eigenvalue weighted by atomic mass is 10.1. The highest BCUT2D eigenvalue weighted by molar-refractivity contribution is 5.64. The molecule has 0 aliphatic carbocycles. The van der Waals surface area contributed by atoms with Crippen molar-refractivity contribution in [2.75, 3.05) is 19.0 Å². The van der Waals surface area contributed by atoms with Gasteiger partial charge in [0.1, 0.15) is 0 Å². The fourth-order valence-electron chi connectivity index (χ4n) is 2.18. The second-order valence-electron chi connectivity index (χ2n) is 5.17. The van der Waals surface area contributed by atoms with Crippen LogP contribution in [0.5, 0.6) is 0 Å². The topological polar surface area (TPSA) is 42.2 Å². The highest BCUT2D eigenvalue weighted by Crippen LogP contribution is 2.27. The molecule has 1 aromatic heterocycles. The predicted molar refractivity (Wildman–Crippen MR) is 84.2 cm³/mol. The van der Waals surface area contributed by atoms with E-state index in [1.807, 2.05) is 74.4 Å². The lowest BCUT2D eigenvalue weighted by molar-refractivity contribution is 0.584. The molecule has 0 aliphatic rings. The van der Waals surface area contributed by atoms with Crippen molar-refractivity contribution < 1.29 is 4.42 Å². The Morgan fingerprint density at radius 3 is 2.43 bits per heavy atom. The summed E-state index contributed by atoms with van der Waals surface area (Å²) in [6, 6.07) is 16.0. The van der Waals surface area contributed by atoms with Crippen LogP contribution in [0.3, 0.4) is 0 Å². The maximum Gasteiger partial charge on any atom is 0.248 e.